The van der Waals surface area contributed by atoms with Gasteiger partial charge in [-0.2, -0.15) is 5.10 Å². The molecule has 6 heteroatoms. The summed E-state index contributed by atoms with van der Waals surface area (Å²) in [5.41, 5.74) is 1.99. The van der Waals surface area contributed by atoms with Crippen molar-refractivity contribution in [2.45, 2.75) is 6.42 Å². The quantitative estimate of drug-likeness (QED) is 0.750. The van der Waals surface area contributed by atoms with Crippen LogP contribution in [0.2, 0.25) is 10.0 Å². The van der Waals surface area contributed by atoms with Crippen LogP contribution in [0, 0.1) is 0 Å². The lowest BCUT2D eigenvalue weighted by Crippen LogP contribution is -2.02. The monoisotopic (exact) mass is 322 g/mol. The Kier molecular flexibility index (Phi) is 3.74. The van der Waals surface area contributed by atoms with Crippen molar-refractivity contribution < 1.29 is 9.53 Å². The SMILES string of the molecule is Cn1cc(/C=C2/CCOc3c(ccc(Cl)c3Cl)C2=O)cn1. The second-order valence-electron chi connectivity index (χ2n) is 4.78. The van der Waals surface area contributed by atoms with Gasteiger partial charge in [0.15, 0.2) is 11.5 Å². The molecule has 0 fully saturated rings. The predicted octanol–water partition coefficient (Wildman–Crippen LogP) is 3.78. The van der Waals surface area contributed by atoms with Crippen molar-refractivity contribution in [3.63, 3.8) is 0 Å². The molecule has 21 heavy (non-hydrogen) atoms. The zero-order valence-electron chi connectivity index (χ0n) is 11.3. The van der Waals surface area contributed by atoms with Crippen LogP contribution in [0.15, 0.2) is 30.1 Å². The van der Waals surface area contributed by atoms with Gasteiger partial charge in [0.05, 0.1) is 23.4 Å². The number of hydrogen-bond acceptors (Lipinski definition) is 3. The van der Waals surface area contributed by atoms with Gasteiger partial charge >= 0.3 is 0 Å². The molecule has 0 bridgehead atoms. The number of carbonyl (C=O) groups excluding carboxylic acids is 1. The number of nitrogens with zero attached hydrogens (tertiary/aromatic N) is 2. The van der Waals surface area contributed by atoms with Gasteiger partial charge in [0.1, 0.15) is 5.02 Å². The average molecular weight is 323 g/mol. The molecule has 1 aromatic heterocycles. The van der Waals surface area contributed by atoms with Gasteiger partial charge < -0.3 is 4.74 Å². The summed E-state index contributed by atoms with van der Waals surface area (Å²) in [6, 6.07) is 3.26. The minimum absolute atomic E-state index is 0.0927. The maximum absolute atomic E-state index is 12.6. The van der Waals surface area contributed by atoms with Gasteiger partial charge in [-0.1, -0.05) is 23.2 Å². The third-order valence-electron chi connectivity index (χ3n) is 3.27. The van der Waals surface area contributed by atoms with E-state index in [4.69, 9.17) is 27.9 Å². The first-order valence-electron chi connectivity index (χ1n) is 6.41. The summed E-state index contributed by atoms with van der Waals surface area (Å²) >= 11 is 12.1. The summed E-state index contributed by atoms with van der Waals surface area (Å²) in [4.78, 5) is 12.6. The molecule has 0 saturated heterocycles. The number of aromatic nitrogens is 2. The predicted molar refractivity (Wildman–Crippen MR) is 82.1 cm³/mol. The largest absolute Gasteiger partial charge is 0.491 e. The number of fused-ring (bicyclic) bond motifs is 1. The first kappa shape index (κ1) is 14.2. The number of rotatable bonds is 1. The number of hydrogen-bond donors (Lipinski definition) is 0. The molecule has 0 atom stereocenters. The molecule has 0 aliphatic carbocycles. The molecular formula is C15H12Cl2N2O2. The molecule has 0 N–H and O–H groups in total. The highest BCUT2D eigenvalue weighted by Crippen LogP contribution is 2.38. The molecule has 0 spiro atoms. The summed E-state index contributed by atoms with van der Waals surface area (Å²) in [5.74, 6) is 0.272. The van der Waals surface area contributed by atoms with Crippen molar-refractivity contribution in [3.05, 3.63) is 51.3 Å². The van der Waals surface area contributed by atoms with Crippen LogP contribution >= 0.6 is 23.2 Å². The number of aryl methyl sites for hydroxylation is 1. The fourth-order valence-corrected chi connectivity index (χ4v) is 2.62. The number of halogens is 2. The highest BCUT2D eigenvalue weighted by atomic mass is 35.5. The van der Waals surface area contributed by atoms with Crippen molar-refractivity contribution in [1.29, 1.82) is 0 Å². The zero-order valence-corrected chi connectivity index (χ0v) is 12.8. The molecule has 2 heterocycles. The van der Waals surface area contributed by atoms with Crippen molar-refractivity contribution in [1.82, 2.24) is 9.78 Å². The standard InChI is InChI=1S/C15H12Cl2N2O2/c1-19-8-9(7-18-19)6-10-4-5-21-15-11(14(10)20)2-3-12(16)13(15)17/h2-3,6-8H,4-5H2,1H3/b10-6-. The smallest absolute Gasteiger partial charge is 0.192 e. The Morgan fingerprint density at radius 2 is 2.19 bits per heavy atom. The van der Waals surface area contributed by atoms with Gasteiger partial charge in [-0.3, -0.25) is 9.48 Å². The molecule has 108 valence electrons. The first-order valence-corrected chi connectivity index (χ1v) is 7.16. The highest BCUT2D eigenvalue weighted by molar-refractivity contribution is 6.43. The van der Waals surface area contributed by atoms with Gasteiger partial charge in [0, 0.05) is 30.8 Å². The van der Waals surface area contributed by atoms with Crippen LogP contribution in [0.25, 0.3) is 6.08 Å². The second kappa shape index (κ2) is 5.54. The number of carbonyl (C=O) groups is 1. The summed E-state index contributed by atoms with van der Waals surface area (Å²) in [7, 11) is 1.83. The van der Waals surface area contributed by atoms with Crippen LogP contribution in [-0.2, 0) is 7.05 Å². The van der Waals surface area contributed by atoms with Crippen molar-refractivity contribution in [2.24, 2.45) is 7.05 Å². The molecule has 3 rings (SSSR count). The van der Waals surface area contributed by atoms with E-state index in [1.54, 1.807) is 23.0 Å². The lowest BCUT2D eigenvalue weighted by molar-refractivity contribution is 0.103. The summed E-state index contributed by atoms with van der Waals surface area (Å²) in [6.45, 7) is 0.380. The zero-order chi connectivity index (χ0) is 15.0. The van der Waals surface area contributed by atoms with E-state index in [-0.39, 0.29) is 10.8 Å². The van der Waals surface area contributed by atoms with E-state index < -0.39 is 0 Å². The minimum atomic E-state index is -0.0927. The average Bonchev–Trinajstić information content (AvgIpc) is 2.79. The third kappa shape index (κ3) is 2.69. The molecular weight excluding hydrogens is 311 g/mol. The van der Waals surface area contributed by atoms with Crippen LogP contribution < -0.4 is 4.74 Å². The molecule has 1 aromatic carbocycles. The van der Waals surface area contributed by atoms with E-state index in [2.05, 4.69) is 5.10 Å². The van der Waals surface area contributed by atoms with Crippen LogP contribution in [-0.4, -0.2) is 22.2 Å². The van der Waals surface area contributed by atoms with E-state index in [1.165, 1.54) is 0 Å². The second-order valence-corrected chi connectivity index (χ2v) is 5.57. The highest BCUT2D eigenvalue weighted by Gasteiger charge is 2.24. The van der Waals surface area contributed by atoms with Crippen molar-refractivity contribution in [3.8, 4) is 5.75 Å². The lowest BCUT2D eigenvalue weighted by atomic mass is 10.00. The Hall–Kier alpha value is -1.78. The Balaban J connectivity index is 2.05. The van der Waals surface area contributed by atoms with E-state index >= 15 is 0 Å². The lowest BCUT2D eigenvalue weighted by Gasteiger charge is -2.08. The van der Waals surface area contributed by atoms with Gasteiger partial charge in [0.2, 0.25) is 0 Å². The number of ether oxygens (including phenoxy) is 1. The Morgan fingerprint density at radius 1 is 1.38 bits per heavy atom. The Labute approximate surface area is 131 Å². The first-order chi connectivity index (χ1) is 10.1. The fraction of sp³-hybridized carbons (Fsp3) is 0.200. The van der Waals surface area contributed by atoms with E-state index in [0.717, 1.165) is 5.56 Å². The van der Waals surface area contributed by atoms with Crippen LogP contribution in [0.3, 0.4) is 0 Å². The van der Waals surface area contributed by atoms with Gasteiger partial charge in [-0.25, -0.2) is 0 Å². The van der Waals surface area contributed by atoms with E-state index in [1.807, 2.05) is 19.3 Å². The van der Waals surface area contributed by atoms with Crippen molar-refractivity contribution in [2.75, 3.05) is 6.61 Å². The van der Waals surface area contributed by atoms with E-state index in [9.17, 15) is 4.79 Å². The Bertz CT molecular complexity index is 750. The van der Waals surface area contributed by atoms with Gasteiger partial charge in [-0.05, 0) is 18.2 Å². The van der Waals surface area contributed by atoms with Gasteiger partial charge in [-0.15, -0.1) is 0 Å². The molecule has 0 saturated carbocycles. The topological polar surface area (TPSA) is 44.1 Å². The summed E-state index contributed by atoms with van der Waals surface area (Å²) in [6.07, 6.45) is 5.90. The van der Waals surface area contributed by atoms with Crippen LogP contribution in [0.4, 0.5) is 0 Å². The molecule has 4 nitrogen and oxygen atoms in total. The molecule has 2 aromatic rings. The normalized spacial score (nSPS) is 16.5. The van der Waals surface area contributed by atoms with E-state index in [0.29, 0.717) is 34.9 Å². The van der Waals surface area contributed by atoms with Crippen molar-refractivity contribution >= 4 is 35.1 Å². The third-order valence-corrected chi connectivity index (χ3v) is 4.06. The number of ketones is 1. The molecule has 1 aliphatic heterocycles. The van der Waals surface area contributed by atoms with Gasteiger partial charge in [0.25, 0.3) is 0 Å². The maximum Gasteiger partial charge on any atom is 0.192 e. The van der Waals surface area contributed by atoms with Crippen LogP contribution in [0.1, 0.15) is 22.3 Å². The maximum atomic E-state index is 12.6. The number of benzene rings is 1. The number of Topliss-reactive ketones (excluding diaryl/α,β-unsaturated/α-hetero) is 1. The van der Waals surface area contributed by atoms with Crippen LogP contribution in [0.5, 0.6) is 5.75 Å². The minimum Gasteiger partial charge on any atom is -0.491 e. The molecule has 0 unspecified atom stereocenters. The molecule has 1 aliphatic rings. The summed E-state index contributed by atoms with van der Waals surface area (Å²) < 4.78 is 7.29. The summed E-state index contributed by atoms with van der Waals surface area (Å²) in [5, 5.41) is 4.75. The molecule has 0 amide bonds. The fourth-order valence-electron chi connectivity index (χ4n) is 2.26. The molecule has 0 radical (unpaired) electrons. The Morgan fingerprint density at radius 3 is 2.90 bits per heavy atom.